The predicted octanol–water partition coefficient (Wildman–Crippen LogP) is 3.38. The minimum atomic E-state index is 0.165. The summed E-state index contributed by atoms with van der Waals surface area (Å²) >= 11 is 1.71. The maximum absolute atomic E-state index is 11.8. The van der Waals surface area contributed by atoms with E-state index in [0.29, 0.717) is 5.75 Å². The average Bonchev–Trinajstić information content (AvgIpc) is 3.05. The first kappa shape index (κ1) is 13.3. The van der Waals surface area contributed by atoms with Crippen LogP contribution in [0.25, 0.3) is 5.69 Å². The van der Waals surface area contributed by atoms with Gasteiger partial charge in [0, 0.05) is 30.2 Å². The SMILES string of the molecule is CCN1C(=O)CS[C@H]1c1ccn(-c2ccccc2C)c1. The van der Waals surface area contributed by atoms with Gasteiger partial charge in [0.1, 0.15) is 5.37 Å². The molecule has 1 aliphatic rings. The molecule has 0 unspecified atom stereocenters. The topological polar surface area (TPSA) is 25.2 Å². The molecule has 1 aliphatic heterocycles. The Bertz CT molecular complexity index is 635. The molecule has 0 radical (unpaired) electrons. The zero-order valence-electron chi connectivity index (χ0n) is 11.7. The van der Waals surface area contributed by atoms with Gasteiger partial charge < -0.3 is 9.47 Å². The van der Waals surface area contributed by atoms with Crippen LogP contribution in [0.1, 0.15) is 23.4 Å². The van der Waals surface area contributed by atoms with Crippen molar-refractivity contribution in [1.82, 2.24) is 9.47 Å². The van der Waals surface area contributed by atoms with Crippen LogP contribution in [0.15, 0.2) is 42.7 Å². The van der Waals surface area contributed by atoms with Gasteiger partial charge >= 0.3 is 0 Å². The quantitative estimate of drug-likeness (QED) is 0.864. The molecule has 0 bridgehead atoms. The zero-order valence-corrected chi connectivity index (χ0v) is 12.6. The molecule has 1 atom stereocenters. The molecule has 3 rings (SSSR count). The fourth-order valence-corrected chi connectivity index (χ4v) is 3.88. The second-order valence-corrected chi connectivity index (χ2v) is 6.05. The van der Waals surface area contributed by atoms with Gasteiger partial charge in [-0.05, 0) is 31.5 Å². The number of carbonyl (C=O) groups excluding carboxylic acids is 1. The summed E-state index contributed by atoms with van der Waals surface area (Å²) in [4.78, 5) is 13.8. The van der Waals surface area contributed by atoms with E-state index in [2.05, 4.69) is 42.1 Å². The van der Waals surface area contributed by atoms with Gasteiger partial charge in [-0.15, -0.1) is 11.8 Å². The first-order valence-electron chi connectivity index (χ1n) is 6.85. The molecule has 1 aromatic heterocycles. The summed E-state index contributed by atoms with van der Waals surface area (Å²) in [6.45, 7) is 4.92. The lowest BCUT2D eigenvalue weighted by Crippen LogP contribution is -2.27. The summed E-state index contributed by atoms with van der Waals surface area (Å²) in [6.07, 6.45) is 4.22. The lowest BCUT2D eigenvalue weighted by Gasteiger charge is -2.21. The van der Waals surface area contributed by atoms with Crippen molar-refractivity contribution in [3.05, 3.63) is 53.9 Å². The van der Waals surface area contributed by atoms with Crippen LogP contribution >= 0.6 is 11.8 Å². The third-order valence-electron chi connectivity index (χ3n) is 3.70. The highest BCUT2D eigenvalue weighted by Gasteiger charge is 2.31. The Morgan fingerprint density at radius 3 is 2.85 bits per heavy atom. The second kappa shape index (κ2) is 5.37. The molecule has 0 N–H and O–H groups in total. The number of carbonyl (C=O) groups is 1. The predicted molar refractivity (Wildman–Crippen MR) is 83.1 cm³/mol. The molecule has 104 valence electrons. The van der Waals surface area contributed by atoms with Gasteiger partial charge in [0.15, 0.2) is 0 Å². The number of aryl methyl sites for hydroxylation is 1. The van der Waals surface area contributed by atoms with E-state index in [-0.39, 0.29) is 11.3 Å². The van der Waals surface area contributed by atoms with Crippen LogP contribution in [0.5, 0.6) is 0 Å². The Morgan fingerprint density at radius 2 is 2.10 bits per heavy atom. The fraction of sp³-hybridized carbons (Fsp3) is 0.312. The fourth-order valence-electron chi connectivity index (χ4n) is 2.63. The maximum atomic E-state index is 11.8. The minimum Gasteiger partial charge on any atom is -0.326 e. The molecule has 20 heavy (non-hydrogen) atoms. The van der Waals surface area contributed by atoms with Crippen LogP contribution in [0.2, 0.25) is 0 Å². The van der Waals surface area contributed by atoms with Crippen LogP contribution < -0.4 is 0 Å². The van der Waals surface area contributed by atoms with E-state index >= 15 is 0 Å². The highest BCUT2D eigenvalue weighted by atomic mass is 32.2. The molecule has 2 aromatic rings. The van der Waals surface area contributed by atoms with Crippen molar-refractivity contribution in [2.75, 3.05) is 12.3 Å². The van der Waals surface area contributed by atoms with Gasteiger partial charge in [-0.3, -0.25) is 4.79 Å². The summed E-state index contributed by atoms with van der Waals surface area (Å²) in [5.74, 6) is 0.833. The molecular formula is C16H18N2OS. The number of thioether (sulfide) groups is 1. The summed E-state index contributed by atoms with van der Waals surface area (Å²) in [5, 5.41) is 0.165. The molecule has 1 fully saturated rings. The largest absolute Gasteiger partial charge is 0.326 e. The number of rotatable bonds is 3. The van der Waals surface area contributed by atoms with Gasteiger partial charge in [0.25, 0.3) is 0 Å². The van der Waals surface area contributed by atoms with Crippen LogP contribution in [-0.4, -0.2) is 27.7 Å². The van der Waals surface area contributed by atoms with Crippen molar-refractivity contribution >= 4 is 17.7 Å². The number of hydrogen-bond donors (Lipinski definition) is 0. The van der Waals surface area contributed by atoms with E-state index in [0.717, 1.165) is 6.54 Å². The molecule has 2 heterocycles. The zero-order chi connectivity index (χ0) is 14.1. The van der Waals surface area contributed by atoms with Crippen molar-refractivity contribution in [1.29, 1.82) is 0 Å². The van der Waals surface area contributed by atoms with Crippen molar-refractivity contribution in [3.8, 4) is 5.69 Å². The molecule has 1 saturated heterocycles. The van der Waals surface area contributed by atoms with Gasteiger partial charge in [-0.25, -0.2) is 0 Å². The molecule has 3 nitrogen and oxygen atoms in total. The molecule has 0 spiro atoms. The van der Waals surface area contributed by atoms with E-state index < -0.39 is 0 Å². The van der Waals surface area contributed by atoms with Crippen molar-refractivity contribution in [2.24, 2.45) is 0 Å². The smallest absolute Gasteiger partial charge is 0.233 e. The Hall–Kier alpha value is -1.68. The van der Waals surface area contributed by atoms with Crippen LogP contribution in [0, 0.1) is 6.92 Å². The summed E-state index contributed by atoms with van der Waals surface area (Å²) in [5.41, 5.74) is 3.64. The molecule has 1 aromatic carbocycles. The molecule has 1 amide bonds. The monoisotopic (exact) mass is 286 g/mol. The number of benzene rings is 1. The lowest BCUT2D eigenvalue weighted by molar-refractivity contribution is -0.127. The van der Waals surface area contributed by atoms with Crippen molar-refractivity contribution < 1.29 is 4.79 Å². The second-order valence-electron chi connectivity index (χ2n) is 4.98. The van der Waals surface area contributed by atoms with E-state index in [4.69, 9.17) is 0 Å². The van der Waals surface area contributed by atoms with Crippen molar-refractivity contribution in [3.63, 3.8) is 0 Å². The maximum Gasteiger partial charge on any atom is 0.233 e. The van der Waals surface area contributed by atoms with E-state index in [1.807, 2.05) is 24.0 Å². The Labute approximate surface area is 123 Å². The van der Waals surface area contributed by atoms with Gasteiger partial charge in [0.2, 0.25) is 5.91 Å². The number of nitrogens with zero attached hydrogens (tertiary/aromatic N) is 2. The Kier molecular flexibility index (Phi) is 3.57. The van der Waals surface area contributed by atoms with Crippen LogP contribution in [-0.2, 0) is 4.79 Å². The Balaban J connectivity index is 1.91. The summed E-state index contributed by atoms with van der Waals surface area (Å²) < 4.78 is 2.14. The first-order chi connectivity index (χ1) is 9.70. The highest BCUT2D eigenvalue weighted by Crippen LogP contribution is 2.38. The van der Waals surface area contributed by atoms with Gasteiger partial charge in [0.05, 0.1) is 5.75 Å². The highest BCUT2D eigenvalue weighted by molar-refractivity contribution is 8.00. The normalized spacial score (nSPS) is 18.8. The molecule has 0 aliphatic carbocycles. The van der Waals surface area contributed by atoms with Gasteiger partial charge in [-0.2, -0.15) is 0 Å². The summed E-state index contributed by atoms with van der Waals surface area (Å²) in [6, 6.07) is 10.4. The summed E-state index contributed by atoms with van der Waals surface area (Å²) in [7, 11) is 0. The number of aromatic nitrogens is 1. The molecule has 4 heteroatoms. The Morgan fingerprint density at radius 1 is 1.30 bits per heavy atom. The van der Waals surface area contributed by atoms with Crippen LogP contribution in [0.4, 0.5) is 0 Å². The average molecular weight is 286 g/mol. The lowest BCUT2D eigenvalue weighted by atomic mass is 10.2. The number of para-hydroxylation sites is 1. The number of amides is 1. The third-order valence-corrected chi connectivity index (χ3v) is 4.96. The van der Waals surface area contributed by atoms with E-state index in [9.17, 15) is 4.79 Å². The molecular weight excluding hydrogens is 268 g/mol. The standard InChI is InChI=1S/C16H18N2OS/c1-3-18-15(19)11-20-16(18)13-8-9-17(10-13)14-7-5-4-6-12(14)2/h4-10,16H,3,11H2,1-2H3/t16-/m0/s1. The van der Waals surface area contributed by atoms with Gasteiger partial charge in [-0.1, -0.05) is 18.2 Å². The van der Waals surface area contributed by atoms with E-state index in [1.54, 1.807) is 11.8 Å². The number of hydrogen-bond acceptors (Lipinski definition) is 2. The molecule has 0 saturated carbocycles. The minimum absolute atomic E-state index is 0.165. The van der Waals surface area contributed by atoms with E-state index in [1.165, 1.54) is 16.8 Å². The first-order valence-corrected chi connectivity index (χ1v) is 7.90. The third kappa shape index (κ3) is 2.24. The van der Waals surface area contributed by atoms with Crippen LogP contribution in [0.3, 0.4) is 0 Å². The van der Waals surface area contributed by atoms with Crippen molar-refractivity contribution in [2.45, 2.75) is 19.2 Å².